The van der Waals surface area contributed by atoms with Gasteiger partial charge in [0.2, 0.25) is 5.91 Å². The number of nitrogens with zero attached hydrogens (tertiary/aromatic N) is 3. The van der Waals surface area contributed by atoms with Crippen LogP contribution in [0.4, 0.5) is 14.9 Å². The molecule has 3 amide bonds. The Morgan fingerprint density at radius 1 is 1.02 bits per heavy atom. The van der Waals surface area contributed by atoms with Gasteiger partial charge in [-0.1, -0.05) is 13.0 Å². The van der Waals surface area contributed by atoms with Gasteiger partial charge in [0, 0.05) is 69.0 Å². The number of nitrogens with one attached hydrogen (secondary N) is 3. The molecule has 0 aliphatic carbocycles. The Morgan fingerprint density at radius 2 is 1.82 bits per heavy atom. The van der Waals surface area contributed by atoms with E-state index in [1.165, 1.54) is 23.5 Å². The quantitative estimate of drug-likeness (QED) is 0.113. The summed E-state index contributed by atoms with van der Waals surface area (Å²) in [4.78, 5) is 36.9. The third-order valence-corrected chi connectivity index (χ3v) is 9.41. The van der Waals surface area contributed by atoms with Crippen molar-refractivity contribution in [1.29, 1.82) is 0 Å². The van der Waals surface area contributed by atoms with Crippen LogP contribution in [0.2, 0.25) is 0 Å². The van der Waals surface area contributed by atoms with Gasteiger partial charge in [0.1, 0.15) is 12.4 Å². The van der Waals surface area contributed by atoms with Crippen molar-refractivity contribution in [3.63, 3.8) is 0 Å². The van der Waals surface area contributed by atoms with Gasteiger partial charge in [-0.05, 0) is 56.0 Å². The number of carbonyl (C=O) groups excluding carboxylic acids is 2. The molecule has 1 saturated heterocycles. The van der Waals surface area contributed by atoms with E-state index in [4.69, 9.17) is 23.9 Å². The first-order valence-corrected chi connectivity index (χ1v) is 17.7. The molecular weight excluding hydrogens is 663 g/mol. The lowest BCUT2D eigenvalue weighted by atomic mass is 10.0. The molecule has 4 aromatic rings. The van der Waals surface area contributed by atoms with Crippen molar-refractivity contribution in [2.75, 3.05) is 58.6 Å². The molecule has 14 heteroatoms. The minimum atomic E-state index is -0.597. The van der Waals surface area contributed by atoms with Crippen LogP contribution in [0.1, 0.15) is 38.7 Å². The summed E-state index contributed by atoms with van der Waals surface area (Å²) < 4.78 is 37.4. The maximum Gasteiger partial charge on any atom is 0.319 e. The summed E-state index contributed by atoms with van der Waals surface area (Å²) in [6.45, 7) is 8.26. The molecule has 0 saturated carbocycles. The Labute approximate surface area is 295 Å². The number of benzene rings is 1. The monoisotopic (exact) mass is 708 g/mol. The standard InChI is InChI=1S/C36H45FN6O6S/c1-4-24(2)40-36(45)42-27-6-8-31(28(37)19-27)49-32-9-12-38-30-20-33(50-35(30)32)29-7-5-25(21-39-29)22-43-13-10-26(11-14-43)41-34(44)23-48-18-17-47-16-15-46-3/h5-9,12,19-21,24,26H,4,10-11,13-18,22-23H2,1-3H3,(H,41,44)(H2,40,42,45). The van der Waals surface area contributed by atoms with Gasteiger partial charge < -0.3 is 34.9 Å². The lowest BCUT2D eigenvalue weighted by molar-refractivity contribution is -0.127. The summed E-state index contributed by atoms with van der Waals surface area (Å²) in [6.07, 6.45) is 6.05. The fourth-order valence-corrected chi connectivity index (χ4v) is 6.39. The SMILES string of the molecule is CCC(C)NC(=O)Nc1ccc(Oc2ccnc3cc(-c4ccc(CN5CCC(NC(=O)COCCOCCOC)CC5)cn4)sc23)c(F)c1. The topological polar surface area (TPSA) is 136 Å². The molecule has 50 heavy (non-hydrogen) atoms. The van der Waals surface area contributed by atoms with E-state index in [9.17, 15) is 9.59 Å². The fraction of sp³-hybridized carbons (Fsp3) is 0.444. The number of halogens is 1. The van der Waals surface area contributed by atoms with E-state index in [1.54, 1.807) is 25.4 Å². The van der Waals surface area contributed by atoms with Crippen molar-refractivity contribution >= 4 is 39.2 Å². The number of piperidine rings is 1. The first-order valence-electron chi connectivity index (χ1n) is 16.9. The number of hydrogen-bond donors (Lipinski definition) is 3. The average Bonchev–Trinajstić information content (AvgIpc) is 3.55. The van der Waals surface area contributed by atoms with Crippen LogP contribution < -0.4 is 20.7 Å². The smallest absolute Gasteiger partial charge is 0.319 e. The average molecular weight is 709 g/mol. The molecule has 3 N–H and O–H groups in total. The predicted molar refractivity (Wildman–Crippen MR) is 191 cm³/mol. The number of rotatable bonds is 17. The highest BCUT2D eigenvalue weighted by Gasteiger charge is 2.21. The molecular formula is C36H45FN6O6S. The summed E-state index contributed by atoms with van der Waals surface area (Å²) in [5.74, 6) is -0.180. The van der Waals surface area contributed by atoms with E-state index < -0.39 is 11.8 Å². The zero-order valence-corrected chi connectivity index (χ0v) is 29.5. The Bertz CT molecular complexity index is 1700. The summed E-state index contributed by atoms with van der Waals surface area (Å²) in [5.41, 5.74) is 2.97. The van der Waals surface area contributed by atoms with E-state index in [0.717, 1.165) is 65.2 Å². The van der Waals surface area contributed by atoms with Gasteiger partial charge in [-0.3, -0.25) is 19.7 Å². The Balaban J connectivity index is 1.10. The summed E-state index contributed by atoms with van der Waals surface area (Å²) in [5, 5.41) is 8.52. The zero-order chi connectivity index (χ0) is 35.3. The normalized spacial score (nSPS) is 14.4. The van der Waals surface area contributed by atoms with Crippen LogP contribution in [-0.2, 0) is 25.5 Å². The molecule has 1 unspecified atom stereocenters. The second-order valence-corrected chi connectivity index (χ2v) is 13.2. The minimum absolute atomic E-state index is 0.00663. The third-order valence-electron chi connectivity index (χ3n) is 8.25. The summed E-state index contributed by atoms with van der Waals surface area (Å²) in [6, 6.07) is 11.8. The molecule has 1 aromatic carbocycles. The van der Waals surface area contributed by atoms with Crippen molar-refractivity contribution in [1.82, 2.24) is 25.5 Å². The van der Waals surface area contributed by atoms with Gasteiger partial charge in [-0.2, -0.15) is 0 Å². The second-order valence-electron chi connectivity index (χ2n) is 12.1. The first kappa shape index (κ1) is 37.1. The molecule has 1 aliphatic rings. The number of likely N-dealkylation sites (tertiary alicyclic amines) is 1. The van der Waals surface area contributed by atoms with E-state index in [-0.39, 0.29) is 30.3 Å². The van der Waals surface area contributed by atoms with Crippen molar-refractivity contribution in [2.45, 2.75) is 51.7 Å². The number of pyridine rings is 2. The van der Waals surface area contributed by atoms with E-state index >= 15 is 4.39 Å². The number of methoxy groups -OCH3 is 1. The molecule has 1 aliphatic heterocycles. The zero-order valence-electron chi connectivity index (χ0n) is 28.7. The molecule has 1 atom stereocenters. The van der Waals surface area contributed by atoms with Gasteiger partial charge in [0.05, 0.1) is 47.2 Å². The van der Waals surface area contributed by atoms with Gasteiger partial charge in [-0.25, -0.2) is 9.18 Å². The highest BCUT2D eigenvalue weighted by Crippen LogP contribution is 2.39. The first-order chi connectivity index (χ1) is 24.3. The molecule has 0 spiro atoms. The van der Waals surface area contributed by atoms with Crippen molar-refractivity contribution in [2.24, 2.45) is 0 Å². The maximum absolute atomic E-state index is 15.0. The number of hydrogen-bond acceptors (Lipinski definition) is 10. The molecule has 12 nitrogen and oxygen atoms in total. The number of anilines is 1. The van der Waals surface area contributed by atoms with Gasteiger partial charge in [0.25, 0.3) is 0 Å². The lowest BCUT2D eigenvalue weighted by Crippen LogP contribution is -2.45. The predicted octanol–water partition coefficient (Wildman–Crippen LogP) is 5.97. The number of amides is 3. The molecule has 1 fully saturated rings. The second kappa shape index (κ2) is 18.7. The van der Waals surface area contributed by atoms with E-state index in [1.807, 2.05) is 32.2 Å². The molecule has 268 valence electrons. The van der Waals surface area contributed by atoms with Crippen molar-refractivity contribution in [3.05, 3.63) is 66.2 Å². The van der Waals surface area contributed by atoms with Crippen molar-refractivity contribution in [3.8, 4) is 22.1 Å². The largest absolute Gasteiger partial charge is 0.453 e. The molecule has 4 heterocycles. The van der Waals surface area contributed by atoms with Crippen LogP contribution in [0.15, 0.2) is 54.9 Å². The Morgan fingerprint density at radius 3 is 2.56 bits per heavy atom. The minimum Gasteiger partial charge on any atom is -0.453 e. The molecule has 0 radical (unpaired) electrons. The van der Waals surface area contributed by atoms with Gasteiger partial charge >= 0.3 is 6.03 Å². The van der Waals surface area contributed by atoms with Crippen molar-refractivity contribution < 1.29 is 32.9 Å². The van der Waals surface area contributed by atoms with Gasteiger partial charge in [-0.15, -0.1) is 11.3 Å². The van der Waals surface area contributed by atoms with Crippen LogP contribution in [0.5, 0.6) is 11.5 Å². The number of aromatic nitrogens is 2. The number of fused-ring (bicyclic) bond motifs is 1. The van der Waals surface area contributed by atoms with Crippen LogP contribution >= 0.6 is 11.3 Å². The van der Waals surface area contributed by atoms with Crippen LogP contribution in [0.3, 0.4) is 0 Å². The Kier molecular flexibility index (Phi) is 13.9. The highest BCUT2D eigenvalue weighted by atomic mass is 32.1. The summed E-state index contributed by atoms with van der Waals surface area (Å²) >= 11 is 1.48. The third kappa shape index (κ3) is 10.9. The molecule has 3 aromatic heterocycles. The van der Waals surface area contributed by atoms with E-state index in [0.29, 0.717) is 37.9 Å². The van der Waals surface area contributed by atoms with E-state index in [2.05, 4.69) is 31.9 Å². The number of thiophene rings is 1. The molecule has 5 rings (SSSR count). The Hall–Kier alpha value is -4.21. The van der Waals surface area contributed by atoms with Crippen LogP contribution in [0.25, 0.3) is 20.8 Å². The molecule has 0 bridgehead atoms. The number of carbonyl (C=O) groups is 2. The maximum atomic E-state index is 15.0. The van der Waals surface area contributed by atoms with Crippen LogP contribution in [-0.4, -0.2) is 92.1 Å². The fourth-order valence-electron chi connectivity index (χ4n) is 5.35. The lowest BCUT2D eigenvalue weighted by Gasteiger charge is -2.32. The van der Waals surface area contributed by atoms with Gasteiger partial charge in [0.15, 0.2) is 11.6 Å². The number of ether oxygens (including phenoxy) is 4. The highest BCUT2D eigenvalue weighted by molar-refractivity contribution is 7.22. The number of urea groups is 1. The summed E-state index contributed by atoms with van der Waals surface area (Å²) in [7, 11) is 1.62. The van der Waals surface area contributed by atoms with Crippen LogP contribution in [0, 0.1) is 5.82 Å².